The zero-order valence-corrected chi connectivity index (χ0v) is 13.6. The van der Waals surface area contributed by atoms with E-state index in [0.29, 0.717) is 33.2 Å². The Morgan fingerprint density at radius 3 is 2.52 bits per heavy atom. The predicted molar refractivity (Wildman–Crippen MR) is 85.0 cm³/mol. The molecule has 110 valence electrons. The summed E-state index contributed by atoms with van der Waals surface area (Å²) in [6.45, 7) is 0.349. The van der Waals surface area contributed by atoms with Crippen molar-refractivity contribution in [3.05, 3.63) is 57.0 Å². The van der Waals surface area contributed by atoms with Crippen LogP contribution in [-0.4, -0.2) is 13.0 Å². The molecule has 21 heavy (non-hydrogen) atoms. The van der Waals surface area contributed by atoms with Crippen LogP contribution in [0.2, 0.25) is 5.02 Å². The summed E-state index contributed by atoms with van der Waals surface area (Å²) in [5.74, 6) is 0.419. The highest BCUT2D eigenvalue weighted by molar-refractivity contribution is 9.10. The lowest BCUT2D eigenvalue weighted by Gasteiger charge is -2.13. The molecule has 0 unspecified atom stereocenters. The number of halogens is 2. The van der Waals surface area contributed by atoms with Gasteiger partial charge in [0.25, 0.3) is 0 Å². The minimum absolute atomic E-state index is 0.345. The van der Waals surface area contributed by atoms with E-state index in [2.05, 4.69) is 15.9 Å². The molecule has 2 N–H and O–H groups in total. The third-order valence-electron chi connectivity index (χ3n) is 2.81. The molecule has 2 rings (SSSR count). The fourth-order valence-electron chi connectivity index (χ4n) is 1.74. The molecule has 1 amide bonds. The van der Waals surface area contributed by atoms with Gasteiger partial charge in [-0.3, -0.25) is 4.79 Å². The molecule has 4 nitrogen and oxygen atoms in total. The van der Waals surface area contributed by atoms with Crippen LogP contribution in [0, 0.1) is 0 Å². The quantitative estimate of drug-likeness (QED) is 0.871. The SMILES string of the molecule is COc1cc(C(N)=O)cc(Br)c1OCc1ccc(Cl)cc1. The van der Waals surface area contributed by atoms with Crippen LogP contribution >= 0.6 is 27.5 Å². The molecule has 0 saturated carbocycles. The van der Waals surface area contributed by atoms with E-state index in [1.807, 2.05) is 12.1 Å². The average Bonchev–Trinajstić information content (AvgIpc) is 2.46. The molecule has 0 aliphatic heterocycles. The van der Waals surface area contributed by atoms with E-state index in [4.69, 9.17) is 26.8 Å². The summed E-state index contributed by atoms with van der Waals surface area (Å²) in [6, 6.07) is 10.5. The second kappa shape index (κ2) is 6.83. The molecule has 0 bridgehead atoms. The number of rotatable bonds is 5. The molecule has 0 atom stereocenters. The second-order valence-electron chi connectivity index (χ2n) is 4.27. The number of carbonyl (C=O) groups is 1. The largest absolute Gasteiger partial charge is 0.493 e. The van der Waals surface area contributed by atoms with Crippen molar-refractivity contribution in [1.29, 1.82) is 0 Å². The van der Waals surface area contributed by atoms with Gasteiger partial charge in [0.2, 0.25) is 5.91 Å². The smallest absolute Gasteiger partial charge is 0.248 e. The normalized spacial score (nSPS) is 10.2. The molecule has 0 aliphatic rings. The van der Waals surface area contributed by atoms with E-state index in [1.54, 1.807) is 24.3 Å². The Morgan fingerprint density at radius 2 is 1.95 bits per heavy atom. The van der Waals surface area contributed by atoms with Crippen molar-refractivity contribution in [3.63, 3.8) is 0 Å². The first-order chi connectivity index (χ1) is 10.0. The highest BCUT2D eigenvalue weighted by Crippen LogP contribution is 2.37. The Bertz CT molecular complexity index is 659. The summed E-state index contributed by atoms with van der Waals surface area (Å²) in [7, 11) is 1.50. The summed E-state index contributed by atoms with van der Waals surface area (Å²) in [4.78, 5) is 11.2. The molecule has 0 saturated heterocycles. The minimum atomic E-state index is -0.529. The molecular formula is C15H13BrClNO3. The summed E-state index contributed by atoms with van der Waals surface area (Å²) >= 11 is 9.20. The van der Waals surface area contributed by atoms with Crippen molar-refractivity contribution < 1.29 is 14.3 Å². The average molecular weight is 371 g/mol. The zero-order chi connectivity index (χ0) is 15.4. The first-order valence-electron chi connectivity index (χ1n) is 6.06. The Hall–Kier alpha value is -1.72. The van der Waals surface area contributed by atoms with Gasteiger partial charge < -0.3 is 15.2 Å². The fourth-order valence-corrected chi connectivity index (χ4v) is 2.42. The predicted octanol–water partition coefficient (Wildman–Crippen LogP) is 3.79. The van der Waals surface area contributed by atoms with Crippen LogP contribution < -0.4 is 15.2 Å². The highest BCUT2D eigenvalue weighted by Gasteiger charge is 2.14. The second-order valence-corrected chi connectivity index (χ2v) is 5.56. The number of carbonyl (C=O) groups excluding carboxylic acids is 1. The maximum absolute atomic E-state index is 11.2. The van der Waals surface area contributed by atoms with Crippen LogP contribution in [0.4, 0.5) is 0 Å². The summed E-state index contributed by atoms with van der Waals surface area (Å²) < 4.78 is 11.6. The summed E-state index contributed by atoms with van der Waals surface area (Å²) in [6.07, 6.45) is 0. The molecule has 0 fully saturated rings. The van der Waals surface area contributed by atoms with Crippen LogP contribution in [0.15, 0.2) is 40.9 Å². The third-order valence-corrected chi connectivity index (χ3v) is 3.65. The first kappa shape index (κ1) is 15.7. The van der Waals surface area contributed by atoms with Crippen molar-refractivity contribution in [2.24, 2.45) is 5.73 Å². The maximum atomic E-state index is 11.2. The Morgan fingerprint density at radius 1 is 1.29 bits per heavy atom. The number of nitrogens with two attached hydrogens (primary N) is 1. The van der Waals surface area contributed by atoms with Crippen molar-refractivity contribution >= 4 is 33.4 Å². The minimum Gasteiger partial charge on any atom is -0.493 e. The number of ether oxygens (including phenoxy) is 2. The molecular weight excluding hydrogens is 358 g/mol. The maximum Gasteiger partial charge on any atom is 0.248 e. The lowest BCUT2D eigenvalue weighted by Crippen LogP contribution is -2.11. The lowest BCUT2D eigenvalue weighted by molar-refractivity contribution is 0.1000. The number of amides is 1. The van der Waals surface area contributed by atoms with Gasteiger partial charge in [0.1, 0.15) is 6.61 Å². The van der Waals surface area contributed by atoms with E-state index in [0.717, 1.165) is 5.56 Å². The number of primary amides is 1. The van der Waals surface area contributed by atoms with Gasteiger partial charge in [0.05, 0.1) is 11.6 Å². The standard InChI is InChI=1S/C15H13BrClNO3/c1-20-13-7-10(15(18)19)6-12(16)14(13)21-8-9-2-4-11(17)5-3-9/h2-7H,8H2,1H3,(H2,18,19). The van der Waals surface area contributed by atoms with Gasteiger partial charge in [-0.05, 0) is 45.8 Å². The van der Waals surface area contributed by atoms with Gasteiger partial charge >= 0.3 is 0 Å². The van der Waals surface area contributed by atoms with Gasteiger partial charge in [0.15, 0.2) is 11.5 Å². The number of benzene rings is 2. The van der Waals surface area contributed by atoms with Crippen LogP contribution in [0.3, 0.4) is 0 Å². The van der Waals surface area contributed by atoms with Gasteiger partial charge in [-0.25, -0.2) is 0 Å². The number of hydrogen-bond donors (Lipinski definition) is 1. The zero-order valence-electron chi connectivity index (χ0n) is 11.2. The van der Waals surface area contributed by atoms with Gasteiger partial charge in [0, 0.05) is 10.6 Å². The van der Waals surface area contributed by atoms with Crippen LogP contribution in [0.5, 0.6) is 11.5 Å². The molecule has 0 spiro atoms. The van der Waals surface area contributed by atoms with Crippen molar-refractivity contribution in [2.75, 3.05) is 7.11 Å². The van der Waals surface area contributed by atoms with Crippen molar-refractivity contribution in [1.82, 2.24) is 0 Å². The monoisotopic (exact) mass is 369 g/mol. The third kappa shape index (κ3) is 3.89. The van der Waals surface area contributed by atoms with E-state index in [1.165, 1.54) is 7.11 Å². The molecule has 0 radical (unpaired) electrons. The lowest BCUT2D eigenvalue weighted by atomic mass is 10.2. The van der Waals surface area contributed by atoms with Crippen LogP contribution in [0.1, 0.15) is 15.9 Å². The van der Waals surface area contributed by atoms with Gasteiger partial charge in [-0.2, -0.15) is 0 Å². The summed E-state index contributed by atoms with van der Waals surface area (Å²) in [5.41, 5.74) is 6.58. The van der Waals surface area contributed by atoms with Crippen molar-refractivity contribution in [2.45, 2.75) is 6.61 Å². The van der Waals surface area contributed by atoms with Crippen LogP contribution in [0.25, 0.3) is 0 Å². The van der Waals surface area contributed by atoms with E-state index in [-0.39, 0.29) is 0 Å². The molecule has 0 aromatic heterocycles. The van der Waals surface area contributed by atoms with Crippen molar-refractivity contribution in [3.8, 4) is 11.5 Å². The molecule has 0 heterocycles. The Labute approximate surface area is 135 Å². The van der Waals surface area contributed by atoms with Gasteiger partial charge in [-0.1, -0.05) is 23.7 Å². The van der Waals surface area contributed by atoms with E-state index < -0.39 is 5.91 Å². The first-order valence-corrected chi connectivity index (χ1v) is 7.23. The van der Waals surface area contributed by atoms with Gasteiger partial charge in [-0.15, -0.1) is 0 Å². The Balaban J connectivity index is 2.23. The molecule has 6 heteroatoms. The molecule has 2 aromatic rings. The van der Waals surface area contributed by atoms with E-state index in [9.17, 15) is 4.79 Å². The molecule has 0 aliphatic carbocycles. The van der Waals surface area contributed by atoms with Crippen LogP contribution in [-0.2, 0) is 6.61 Å². The topological polar surface area (TPSA) is 61.5 Å². The summed E-state index contributed by atoms with van der Waals surface area (Å²) in [5, 5.41) is 0.670. The Kier molecular flexibility index (Phi) is 5.09. The van der Waals surface area contributed by atoms with E-state index >= 15 is 0 Å². The number of methoxy groups -OCH3 is 1. The fraction of sp³-hybridized carbons (Fsp3) is 0.133. The highest BCUT2D eigenvalue weighted by atomic mass is 79.9. The number of hydrogen-bond acceptors (Lipinski definition) is 3. The molecule has 2 aromatic carbocycles.